The van der Waals surface area contributed by atoms with E-state index in [-0.39, 0.29) is 6.04 Å². The zero-order chi connectivity index (χ0) is 12.4. The van der Waals surface area contributed by atoms with Gasteiger partial charge in [-0.3, -0.25) is 0 Å². The highest BCUT2D eigenvalue weighted by atomic mass is 35.5. The fraction of sp³-hybridized carbons (Fsp3) is 0.333. The Morgan fingerprint density at radius 2 is 2.39 bits per heavy atom. The summed E-state index contributed by atoms with van der Waals surface area (Å²) in [4.78, 5) is 4.43. The average Bonchev–Trinajstić information content (AvgIpc) is 2.89. The van der Waals surface area contributed by atoms with Gasteiger partial charge in [-0.15, -0.1) is 0 Å². The van der Waals surface area contributed by atoms with Gasteiger partial charge in [0.15, 0.2) is 0 Å². The van der Waals surface area contributed by atoms with Crippen LogP contribution in [-0.2, 0) is 0 Å². The lowest BCUT2D eigenvalue weighted by atomic mass is 10.2. The molecule has 1 N–H and O–H groups in total. The summed E-state index contributed by atoms with van der Waals surface area (Å²) in [6.45, 7) is 0.976. The molecule has 0 radical (unpaired) electrons. The topological polar surface area (TPSA) is 51.0 Å². The number of aromatic nitrogens is 2. The van der Waals surface area contributed by atoms with Crippen molar-refractivity contribution < 1.29 is 4.52 Å². The predicted molar refractivity (Wildman–Crippen MR) is 72.8 cm³/mol. The van der Waals surface area contributed by atoms with Gasteiger partial charge in [0, 0.05) is 28.6 Å². The van der Waals surface area contributed by atoms with E-state index in [1.165, 1.54) is 0 Å². The van der Waals surface area contributed by atoms with Crippen LogP contribution in [0.4, 0.5) is 0 Å². The van der Waals surface area contributed by atoms with E-state index < -0.39 is 0 Å². The Kier molecular flexibility index (Phi) is 3.54. The monoisotopic (exact) mass is 281 g/mol. The number of hydrogen-bond acceptors (Lipinski definition) is 5. The fourth-order valence-electron chi connectivity index (χ4n) is 1.85. The first kappa shape index (κ1) is 12.0. The van der Waals surface area contributed by atoms with Crippen molar-refractivity contribution in [3.8, 4) is 11.4 Å². The van der Waals surface area contributed by atoms with Crippen molar-refractivity contribution >= 4 is 23.4 Å². The van der Waals surface area contributed by atoms with E-state index in [1.807, 2.05) is 36.0 Å². The highest BCUT2D eigenvalue weighted by Gasteiger charge is 2.21. The molecule has 0 saturated carbocycles. The molecule has 1 aromatic carbocycles. The molecule has 1 fully saturated rings. The van der Waals surface area contributed by atoms with Crippen LogP contribution in [0.25, 0.3) is 11.4 Å². The molecule has 4 nitrogen and oxygen atoms in total. The Hall–Kier alpha value is -1.04. The molecule has 1 aliphatic rings. The zero-order valence-electron chi connectivity index (χ0n) is 9.60. The van der Waals surface area contributed by atoms with E-state index in [2.05, 4.69) is 15.5 Å². The van der Waals surface area contributed by atoms with Gasteiger partial charge in [-0.05, 0) is 12.1 Å². The highest BCUT2D eigenvalue weighted by Crippen LogP contribution is 2.24. The average molecular weight is 282 g/mol. The van der Waals surface area contributed by atoms with E-state index in [0.29, 0.717) is 16.7 Å². The van der Waals surface area contributed by atoms with Crippen LogP contribution >= 0.6 is 23.4 Å². The minimum atomic E-state index is 0.157. The third kappa shape index (κ3) is 2.53. The highest BCUT2D eigenvalue weighted by molar-refractivity contribution is 7.99. The lowest BCUT2D eigenvalue weighted by Gasteiger charge is -2.19. The Bertz CT molecular complexity index is 540. The number of thioether (sulfide) groups is 1. The molecule has 18 heavy (non-hydrogen) atoms. The first-order valence-electron chi connectivity index (χ1n) is 5.73. The van der Waals surface area contributed by atoms with Crippen LogP contribution in [0.5, 0.6) is 0 Å². The molecule has 1 atom stereocenters. The van der Waals surface area contributed by atoms with Gasteiger partial charge in [0.25, 0.3) is 0 Å². The van der Waals surface area contributed by atoms with Gasteiger partial charge in [-0.25, -0.2) is 0 Å². The van der Waals surface area contributed by atoms with Crippen molar-refractivity contribution in [2.75, 3.05) is 18.1 Å². The van der Waals surface area contributed by atoms with Gasteiger partial charge in [-0.1, -0.05) is 28.9 Å². The van der Waals surface area contributed by atoms with Gasteiger partial charge in [0.1, 0.15) is 0 Å². The molecule has 94 valence electrons. The summed E-state index contributed by atoms with van der Waals surface area (Å²) in [5.41, 5.74) is 0.876. The van der Waals surface area contributed by atoms with Gasteiger partial charge in [0.2, 0.25) is 11.7 Å². The second-order valence-corrected chi connectivity index (χ2v) is 5.63. The van der Waals surface area contributed by atoms with Crippen molar-refractivity contribution in [1.29, 1.82) is 0 Å². The van der Waals surface area contributed by atoms with Crippen molar-refractivity contribution in [1.82, 2.24) is 15.5 Å². The van der Waals surface area contributed by atoms with Crippen LogP contribution in [0, 0.1) is 0 Å². The quantitative estimate of drug-likeness (QED) is 0.917. The molecule has 2 heterocycles. The smallest absolute Gasteiger partial charge is 0.244 e. The summed E-state index contributed by atoms with van der Waals surface area (Å²) in [7, 11) is 0. The molecule has 0 bridgehead atoms. The lowest BCUT2D eigenvalue weighted by molar-refractivity contribution is 0.342. The summed E-state index contributed by atoms with van der Waals surface area (Å²) in [5.74, 6) is 3.34. The molecule has 1 aromatic heterocycles. The summed E-state index contributed by atoms with van der Waals surface area (Å²) < 4.78 is 5.32. The standard InChI is InChI=1S/C12H12ClN3OS/c13-9-3-1-2-8(6-9)11-15-12(17-16-11)10-7-18-5-4-14-10/h1-3,6,10,14H,4-5,7H2. The SMILES string of the molecule is Clc1cccc(-c2noc(C3CSCCN3)n2)c1. The van der Waals surface area contributed by atoms with Crippen molar-refractivity contribution in [2.45, 2.75) is 6.04 Å². The maximum absolute atomic E-state index is 5.95. The molecule has 1 saturated heterocycles. The molecule has 2 aromatic rings. The van der Waals surface area contributed by atoms with E-state index >= 15 is 0 Å². The lowest BCUT2D eigenvalue weighted by Crippen LogP contribution is -2.30. The van der Waals surface area contributed by atoms with Crippen LogP contribution in [0.15, 0.2) is 28.8 Å². The van der Waals surface area contributed by atoms with E-state index in [4.69, 9.17) is 16.1 Å². The second kappa shape index (κ2) is 5.30. The minimum absolute atomic E-state index is 0.157. The molecule has 1 aliphatic heterocycles. The van der Waals surface area contributed by atoms with E-state index in [0.717, 1.165) is 23.6 Å². The number of rotatable bonds is 2. The molecule has 0 aliphatic carbocycles. The first-order chi connectivity index (χ1) is 8.83. The van der Waals surface area contributed by atoms with Gasteiger partial charge >= 0.3 is 0 Å². The Labute approximate surface area is 114 Å². The largest absolute Gasteiger partial charge is 0.337 e. The Morgan fingerprint density at radius 3 is 3.17 bits per heavy atom. The number of nitrogens with zero attached hydrogens (tertiary/aromatic N) is 2. The zero-order valence-corrected chi connectivity index (χ0v) is 11.2. The minimum Gasteiger partial charge on any atom is -0.337 e. The normalized spacial score (nSPS) is 19.9. The molecular weight excluding hydrogens is 270 g/mol. The number of halogens is 1. The summed E-state index contributed by atoms with van der Waals surface area (Å²) in [5, 5.41) is 8.05. The molecular formula is C12H12ClN3OS. The van der Waals surface area contributed by atoms with Crippen LogP contribution in [0.1, 0.15) is 11.9 Å². The third-order valence-electron chi connectivity index (χ3n) is 2.74. The maximum atomic E-state index is 5.95. The van der Waals surface area contributed by atoms with Crippen molar-refractivity contribution in [3.63, 3.8) is 0 Å². The summed E-state index contributed by atoms with van der Waals surface area (Å²) in [6, 6.07) is 7.61. The van der Waals surface area contributed by atoms with Crippen molar-refractivity contribution in [2.24, 2.45) is 0 Å². The summed E-state index contributed by atoms with van der Waals surface area (Å²) in [6.07, 6.45) is 0. The number of hydrogen-bond donors (Lipinski definition) is 1. The van der Waals surface area contributed by atoms with E-state index in [1.54, 1.807) is 0 Å². The Balaban J connectivity index is 1.84. The molecule has 6 heteroatoms. The van der Waals surface area contributed by atoms with Gasteiger partial charge < -0.3 is 9.84 Å². The van der Waals surface area contributed by atoms with Crippen LogP contribution in [0.2, 0.25) is 5.02 Å². The maximum Gasteiger partial charge on any atom is 0.244 e. The molecule has 0 amide bonds. The molecule has 0 spiro atoms. The van der Waals surface area contributed by atoms with Crippen LogP contribution in [0.3, 0.4) is 0 Å². The van der Waals surface area contributed by atoms with Crippen LogP contribution in [-0.4, -0.2) is 28.2 Å². The van der Waals surface area contributed by atoms with Crippen molar-refractivity contribution in [3.05, 3.63) is 35.2 Å². The number of nitrogens with one attached hydrogen (secondary N) is 1. The summed E-state index contributed by atoms with van der Waals surface area (Å²) >= 11 is 7.84. The first-order valence-corrected chi connectivity index (χ1v) is 7.27. The van der Waals surface area contributed by atoms with E-state index in [9.17, 15) is 0 Å². The van der Waals surface area contributed by atoms with Gasteiger partial charge in [0.05, 0.1) is 6.04 Å². The third-order valence-corrected chi connectivity index (χ3v) is 4.04. The second-order valence-electron chi connectivity index (χ2n) is 4.05. The van der Waals surface area contributed by atoms with Crippen LogP contribution < -0.4 is 5.32 Å². The predicted octanol–water partition coefficient (Wildman–Crippen LogP) is 2.77. The van der Waals surface area contributed by atoms with Gasteiger partial charge in [-0.2, -0.15) is 16.7 Å². The Morgan fingerprint density at radius 1 is 1.44 bits per heavy atom. The molecule has 3 rings (SSSR count). The fourth-order valence-corrected chi connectivity index (χ4v) is 2.96. The number of benzene rings is 1. The molecule has 1 unspecified atom stereocenters.